The van der Waals surface area contributed by atoms with E-state index in [4.69, 9.17) is 5.41 Å². The van der Waals surface area contributed by atoms with E-state index >= 15 is 0 Å². The van der Waals surface area contributed by atoms with Crippen LogP contribution in [-0.4, -0.2) is 47.3 Å². The largest absolute Gasteiger partial charge is 0.368 e. The zero-order valence-electron chi connectivity index (χ0n) is 18.4. The van der Waals surface area contributed by atoms with Crippen LogP contribution in [0.4, 0.5) is 5.82 Å². The molecule has 5 heteroatoms. The monoisotopic (exact) mass is 421 g/mol. The number of hydrogen-bond acceptors (Lipinski definition) is 4. The van der Waals surface area contributed by atoms with Gasteiger partial charge >= 0.3 is 0 Å². The fourth-order valence-electron chi connectivity index (χ4n) is 4.69. The average Bonchev–Trinajstić information content (AvgIpc) is 3.29. The van der Waals surface area contributed by atoms with Crippen molar-refractivity contribution in [1.82, 2.24) is 14.9 Å². The highest BCUT2D eigenvalue weighted by molar-refractivity contribution is 6.04. The Bertz CT molecular complexity index is 1350. The van der Waals surface area contributed by atoms with E-state index in [-0.39, 0.29) is 0 Å². The van der Waals surface area contributed by atoms with Crippen LogP contribution in [0.25, 0.3) is 27.2 Å². The molecule has 0 aliphatic carbocycles. The fourth-order valence-corrected chi connectivity index (χ4v) is 4.69. The smallest absolute Gasteiger partial charge is 0.136 e. The van der Waals surface area contributed by atoms with Crippen molar-refractivity contribution in [3.63, 3.8) is 0 Å². The molecule has 160 valence electrons. The number of rotatable bonds is 5. The molecule has 4 aromatic rings. The molecule has 1 saturated heterocycles. The van der Waals surface area contributed by atoms with Gasteiger partial charge < -0.3 is 20.2 Å². The van der Waals surface area contributed by atoms with Crippen LogP contribution < -0.4 is 4.90 Å². The molecule has 1 aliphatic rings. The molecule has 0 atom stereocenters. The standard InChI is InChI=1S/C27H27N5/c1-18-8-9-22(16-28)26-25(18)24(17-30-26)19(2)20(3)31-12-14-32(15-13-31)27-23-7-5-4-6-21(23)10-11-29-27/h4-11,16-17,28,30H,2-3,12-15H2,1H3. The third kappa shape index (κ3) is 3.26. The number of piperazine rings is 1. The van der Waals surface area contributed by atoms with Crippen LogP contribution in [0.2, 0.25) is 0 Å². The number of anilines is 1. The number of aromatic amines is 1. The molecule has 3 heterocycles. The molecular formula is C27H27N5. The molecule has 2 aromatic heterocycles. The van der Waals surface area contributed by atoms with Crippen molar-refractivity contribution in [2.24, 2.45) is 0 Å². The highest BCUT2D eigenvalue weighted by atomic mass is 15.3. The van der Waals surface area contributed by atoms with Crippen LogP contribution in [0.5, 0.6) is 0 Å². The number of benzene rings is 2. The summed E-state index contributed by atoms with van der Waals surface area (Å²) in [5, 5.41) is 11.2. The lowest BCUT2D eigenvalue weighted by atomic mass is 9.98. The lowest BCUT2D eigenvalue weighted by molar-refractivity contribution is 0.333. The normalized spacial score (nSPS) is 14.2. The molecule has 1 aliphatic heterocycles. The number of nitrogens with one attached hydrogen (secondary N) is 2. The van der Waals surface area contributed by atoms with E-state index in [0.29, 0.717) is 0 Å². The van der Waals surface area contributed by atoms with Crippen LogP contribution >= 0.6 is 0 Å². The molecule has 5 rings (SSSR count). The number of aryl methyl sites for hydroxylation is 1. The first kappa shape index (κ1) is 20.1. The van der Waals surface area contributed by atoms with Crippen molar-refractivity contribution in [1.29, 1.82) is 5.41 Å². The van der Waals surface area contributed by atoms with Gasteiger partial charge in [-0.2, -0.15) is 0 Å². The van der Waals surface area contributed by atoms with Crippen LogP contribution in [0.1, 0.15) is 16.7 Å². The maximum atomic E-state index is 7.70. The number of pyridine rings is 1. The molecule has 5 nitrogen and oxygen atoms in total. The predicted molar refractivity (Wildman–Crippen MR) is 135 cm³/mol. The van der Waals surface area contributed by atoms with Crippen molar-refractivity contribution < 1.29 is 0 Å². The molecule has 2 N–H and O–H groups in total. The van der Waals surface area contributed by atoms with E-state index in [2.05, 4.69) is 76.2 Å². The van der Waals surface area contributed by atoms with E-state index in [1.54, 1.807) is 0 Å². The van der Waals surface area contributed by atoms with E-state index in [1.165, 1.54) is 22.6 Å². The molecule has 0 radical (unpaired) electrons. The highest BCUT2D eigenvalue weighted by Crippen LogP contribution is 2.33. The second-order valence-corrected chi connectivity index (χ2v) is 8.32. The SMILES string of the molecule is C=C(C(=C)N1CCN(c2nccc3ccccc23)CC1)c1c[nH]c2c(C=N)ccc(C)c12. The van der Waals surface area contributed by atoms with Crippen LogP contribution in [0.15, 0.2) is 73.7 Å². The number of nitrogens with zero attached hydrogens (tertiary/aromatic N) is 3. The molecular weight excluding hydrogens is 394 g/mol. The Balaban J connectivity index is 1.35. The van der Waals surface area contributed by atoms with Crippen LogP contribution in [-0.2, 0) is 0 Å². The highest BCUT2D eigenvalue weighted by Gasteiger charge is 2.23. The number of hydrogen-bond donors (Lipinski definition) is 2. The van der Waals surface area contributed by atoms with Gasteiger partial charge in [0, 0.05) is 72.4 Å². The third-order valence-corrected chi connectivity index (χ3v) is 6.52. The molecule has 2 aromatic carbocycles. The first-order chi connectivity index (χ1) is 15.6. The van der Waals surface area contributed by atoms with Gasteiger partial charge in [0.25, 0.3) is 0 Å². The summed E-state index contributed by atoms with van der Waals surface area (Å²) in [5.74, 6) is 1.05. The molecule has 32 heavy (non-hydrogen) atoms. The number of allylic oxidation sites excluding steroid dienone is 1. The summed E-state index contributed by atoms with van der Waals surface area (Å²) < 4.78 is 0. The lowest BCUT2D eigenvalue weighted by Crippen LogP contribution is -2.46. The van der Waals surface area contributed by atoms with Gasteiger partial charge in [-0.25, -0.2) is 4.98 Å². The van der Waals surface area contributed by atoms with Crippen molar-refractivity contribution in [3.8, 4) is 0 Å². The maximum absolute atomic E-state index is 7.70. The number of fused-ring (bicyclic) bond motifs is 2. The summed E-state index contributed by atoms with van der Waals surface area (Å²) in [5.41, 5.74) is 5.98. The minimum absolute atomic E-state index is 0.871. The Morgan fingerprint density at radius 1 is 1.06 bits per heavy atom. The summed E-state index contributed by atoms with van der Waals surface area (Å²) in [7, 11) is 0. The van der Waals surface area contributed by atoms with Crippen molar-refractivity contribution in [2.75, 3.05) is 31.1 Å². The Hall–Kier alpha value is -3.86. The van der Waals surface area contributed by atoms with Gasteiger partial charge in [0.2, 0.25) is 0 Å². The van der Waals surface area contributed by atoms with Crippen molar-refractivity contribution in [2.45, 2.75) is 6.92 Å². The Kier molecular flexibility index (Phi) is 5.02. The molecule has 0 amide bonds. The third-order valence-electron chi connectivity index (χ3n) is 6.52. The van der Waals surface area contributed by atoms with E-state index in [1.807, 2.05) is 18.5 Å². The summed E-state index contributed by atoms with van der Waals surface area (Å²) >= 11 is 0. The quantitative estimate of drug-likeness (QED) is 0.336. The first-order valence-corrected chi connectivity index (χ1v) is 10.9. The van der Waals surface area contributed by atoms with Gasteiger partial charge in [-0.1, -0.05) is 49.6 Å². The van der Waals surface area contributed by atoms with E-state index < -0.39 is 0 Å². The van der Waals surface area contributed by atoms with Gasteiger partial charge in [-0.15, -0.1) is 0 Å². The zero-order chi connectivity index (χ0) is 22.2. The predicted octanol–water partition coefficient (Wildman–Crippen LogP) is 5.37. The van der Waals surface area contributed by atoms with Gasteiger partial charge in [0.1, 0.15) is 5.82 Å². The molecule has 0 saturated carbocycles. The number of aromatic nitrogens is 2. The zero-order valence-corrected chi connectivity index (χ0v) is 18.4. The van der Waals surface area contributed by atoms with Gasteiger partial charge in [-0.05, 0) is 29.5 Å². The Labute approximate surface area is 188 Å². The molecule has 1 fully saturated rings. The van der Waals surface area contributed by atoms with Gasteiger partial charge in [0.05, 0.1) is 5.52 Å². The van der Waals surface area contributed by atoms with Crippen LogP contribution in [0, 0.1) is 12.3 Å². The van der Waals surface area contributed by atoms with Gasteiger partial charge in [-0.3, -0.25) is 0 Å². The molecule has 0 spiro atoms. The lowest BCUT2D eigenvalue weighted by Gasteiger charge is -2.38. The Morgan fingerprint density at radius 3 is 2.62 bits per heavy atom. The molecule has 0 unspecified atom stereocenters. The van der Waals surface area contributed by atoms with E-state index in [0.717, 1.165) is 65.3 Å². The second-order valence-electron chi connectivity index (χ2n) is 8.32. The summed E-state index contributed by atoms with van der Waals surface area (Å²) in [6, 6.07) is 14.5. The Morgan fingerprint density at radius 2 is 1.84 bits per heavy atom. The summed E-state index contributed by atoms with van der Waals surface area (Å²) in [6.45, 7) is 14.4. The fraction of sp³-hybridized carbons (Fsp3) is 0.185. The second kappa shape index (κ2) is 8.00. The van der Waals surface area contributed by atoms with Crippen molar-refractivity contribution >= 4 is 39.3 Å². The average molecular weight is 422 g/mol. The first-order valence-electron chi connectivity index (χ1n) is 10.9. The summed E-state index contributed by atoms with van der Waals surface area (Å²) in [4.78, 5) is 12.7. The number of H-pyrrole nitrogens is 1. The maximum Gasteiger partial charge on any atom is 0.136 e. The topological polar surface area (TPSA) is 59.0 Å². The van der Waals surface area contributed by atoms with E-state index in [9.17, 15) is 0 Å². The van der Waals surface area contributed by atoms with Gasteiger partial charge in [0.15, 0.2) is 0 Å². The minimum atomic E-state index is 0.871. The summed E-state index contributed by atoms with van der Waals surface area (Å²) in [6.07, 6.45) is 5.28. The van der Waals surface area contributed by atoms with Crippen LogP contribution in [0.3, 0.4) is 0 Å². The van der Waals surface area contributed by atoms with Crippen molar-refractivity contribution in [3.05, 3.63) is 90.4 Å². The minimum Gasteiger partial charge on any atom is -0.368 e. The molecule has 0 bridgehead atoms.